The molecule has 0 radical (unpaired) electrons. The Morgan fingerprint density at radius 2 is 0.424 bits per heavy atom. The quantitative estimate of drug-likeness (QED) is 0.0443. The molecule has 0 saturated heterocycles. The van der Waals surface area contributed by atoms with Gasteiger partial charge in [-0.3, -0.25) is 0 Å². The average molecular weight is 934 g/mol. The maximum absolute atomic E-state index is 7.33. The van der Waals surface area contributed by atoms with Crippen molar-refractivity contribution in [2.45, 2.75) is 38.5 Å². The first-order chi connectivity index (χ1) is 32.3. The van der Waals surface area contributed by atoms with Gasteiger partial charge in [0, 0.05) is 0 Å². The van der Waals surface area contributed by atoms with Crippen molar-refractivity contribution in [2.24, 2.45) is 13.5 Å². The van der Waals surface area contributed by atoms with Crippen LogP contribution in [0.3, 0.4) is 0 Å². The SMILES string of the molecule is C=CCc1ccccc1OP1(Oc2ccccc2CC=C)=NP(Oc2ccccc2CC=C)(Oc2ccccc2CC=C)=NP(Oc2ccccc2CC=C)(Oc2ccccc2CC=C)=N1. The Morgan fingerprint density at radius 1 is 0.273 bits per heavy atom. The van der Waals surface area contributed by atoms with Crippen LogP contribution in [0, 0.1) is 0 Å². The highest BCUT2D eigenvalue weighted by atomic mass is 31.3. The maximum atomic E-state index is 7.33. The monoisotopic (exact) mass is 933 g/mol. The van der Waals surface area contributed by atoms with Gasteiger partial charge in [-0.25, -0.2) is 0 Å². The number of benzene rings is 6. The van der Waals surface area contributed by atoms with Gasteiger partial charge in [-0.05, 0) is 108 Å². The summed E-state index contributed by atoms with van der Waals surface area (Å²) in [5, 5.41) is 0. The molecule has 0 aromatic heterocycles. The second kappa shape index (κ2) is 22.4. The molecule has 0 saturated carbocycles. The third kappa shape index (κ3) is 11.5. The third-order valence-electron chi connectivity index (χ3n) is 10.0. The third-order valence-corrected chi connectivity index (χ3v) is 18.0. The van der Waals surface area contributed by atoms with E-state index in [2.05, 4.69) is 39.5 Å². The van der Waals surface area contributed by atoms with Gasteiger partial charge in [0.15, 0.2) is 0 Å². The highest BCUT2D eigenvalue weighted by molar-refractivity contribution is 7.79. The molecule has 12 heteroatoms. The molecule has 0 atom stereocenters. The summed E-state index contributed by atoms with van der Waals surface area (Å²) >= 11 is 0. The van der Waals surface area contributed by atoms with Gasteiger partial charge in [0.25, 0.3) is 0 Å². The zero-order valence-corrected chi connectivity index (χ0v) is 39.6. The van der Waals surface area contributed by atoms with Crippen LogP contribution in [0.15, 0.2) is 235 Å². The minimum absolute atomic E-state index is 0.454. The van der Waals surface area contributed by atoms with Crippen molar-refractivity contribution in [3.63, 3.8) is 0 Å². The van der Waals surface area contributed by atoms with E-state index in [0.717, 1.165) is 33.4 Å². The van der Waals surface area contributed by atoms with Gasteiger partial charge in [-0.2, -0.15) is 0 Å². The first-order valence-corrected chi connectivity index (χ1v) is 26.1. The fourth-order valence-corrected chi connectivity index (χ4v) is 16.3. The van der Waals surface area contributed by atoms with Crippen molar-refractivity contribution in [3.05, 3.63) is 255 Å². The van der Waals surface area contributed by atoms with Crippen LogP contribution in [0.25, 0.3) is 0 Å². The van der Waals surface area contributed by atoms with Crippen molar-refractivity contribution < 1.29 is 27.1 Å². The van der Waals surface area contributed by atoms with E-state index in [1.54, 1.807) is 0 Å². The summed E-state index contributed by atoms with van der Waals surface area (Å²) in [6.07, 6.45) is 13.7. The standard InChI is InChI=1S/C54H54N3O6P3/c1-7-25-43-31-13-19-37-49(43)58-64(59-50-38-20-14-32-44(50)26-8-2)55-65(60-51-39-21-15-33-45(51)27-9-3,61-52-40-22-16-34-46(52)28-10-4)57-66(56-64,62-53-41-23-17-35-47(53)29-11-5)63-54-42-24-18-36-48(54)30-12-6/h7-24,31-42H,1-6,25-30H2. The van der Waals surface area contributed by atoms with Crippen molar-refractivity contribution in [1.82, 2.24) is 0 Å². The van der Waals surface area contributed by atoms with Crippen LogP contribution < -0.4 is 27.1 Å². The van der Waals surface area contributed by atoms with Gasteiger partial charge in [0.2, 0.25) is 0 Å². The van der Waals surface area contributed by atoms with E-state index in [1.165, 1.54) is 0 Å². The van der Waals surface area contributed by atoms with Crippen molar-refractivity contribution in [2.75, 3.05) is 0 Å². The molecule has 336 valence electrons. The van der Waals surface area contributed by atoms with Crippen LogP contribution in [0.1, 0.15) is 33.4 Å². The predicted molar refractivity (Wildman–Crippen MR) is 274 cm³/mol. The zero-order valence-electron chi connectivity index (χ0n) is 36.9. The van der Waals surface area contributed by atoms with E-state index in [4.69, 9.17) is 40.7 Å². The minimum atomic E-state index is -4.24. The van der Waals surface area contributed by atoms with Crippen LogP contribution in [-0.2, 0) is 38.5 Å². The van der Waals surface area contributed by atoms with Gasteiger partial charge < -0.3 is 27.1 Å². The Balaban J connectivity index is 1.69. The zero-order chi connectivity index (χ0) is 46.2. The highest BCUT2D eigenvalue weighted by Crippen LogP contribution is 2.79. The molecule has 66 heavy (non-hydrogen) atoms. The molecule has 0 fully saturated rings. The molecular weight excluding hydrogens is 880 g/mol. The Kier molecular flexibility index (Phi) is 16.1. The van der Waals surface area contributed by atoms with Crippen LogP contribution in [0.5, 0.6) is 34.5 Å². The number of allylic oxidation sites excluding steroid dienone is 6. The van der Waals surface area contributed by atoms with E-state index in [0.29, 0.717) is 73.0 Å². The van der Waals surface area contributed by atoms with E-state index in [-0.39, 0.29) is 0 Å². The van der Waals surface area contributed by atoms with Gasteiger partial charge in [-0.15, -0.1) is 39.5 Å². The topological polar surface area (TPSA) is 92.5 Å². The lowest BCUT2D eigenvalue weighted by atomic mass is 10.1. The lowest BCUT2D eigenvalue weighted by Gasteiger charge is -2.34. The van der Waals surface area contributed by atoms with Crippen molar-refractivity contribution >= 4 is 23.0 Å². The number of nitrogens with zero attached hydrogens (tertiary/aromatic N) is 3. The Hall–Kier alpha value is -6.75. The molecule has 1 aliphatic heterocycles. The maximum Gasteiger partial charge on any atom is 0.460 e. The van der Waals surface area contributed by atoms with Gasteiger partial charge in [0.1, 0.15) is 34.5 Å². The lowest BCUT2D eigenvalue weighted by Crippen LogP contribution is -2.13. The average Bonchev–Trinajstić information content (AvgIpc) is 3.31. The molecule has 0 spiro atoms. The summed E-state index contributed by atoms with van der Waals surface area (Å²) in [6.45, 7) is 24.3. The van der Waals surface area contributed by atoms with E-state index in [1.807, 2.05) is 182 Å². The molecule has 0 aliphatic carbocycles. The van der Waals surface area contributed by atoms with Gasteiger partial charge in [0.05, 0.1) is 0 Å². The molecular formula is C54H54N3O6P3. The number of hydrogen-bond donors (Lipinski definition) is 0. The van der Waals surface area contributed by atoms with Crippen LogP contribution in [0.4, 0.5) is 0 Å². The molecule has 1 heterocycles. The molecule has 0 bridgehead atoms. The smallest absolute Gasteiger partial charge is 0.413 e. The van der Waals surface area contributed by atoms with Gasteiger partial charge >= 0.3 is 23.0 Å². The fraction of sp³-hybridized carbons (Fsp3) is 0.111. The molecule has 7 rings (SSSR count). The molecule has 9 nitrogen and oxygen atoms in total. The van der Waals surface area contributed by atoms with E-state index in [9.17, 15) is 0 Å². The minimum Gasteiger partial charge on any atom is -0.413 e. The van der Waals surface area contributed by atoms with Crippen LogP contribution in [0.2, 0.25) is 0 Å². The van der Waals surface area contributed by atoms with Crippen LogP contribution in [-0.4, -0.2) is 0 Å². The number of rotatable bonds is 24. The molecule has 6 aromatic carbocycles. The van der Waals surface area contributed by atoms with Crippen LogP contribution >= 0.6 is 23.0 Å². The summed E-state index contributed by atoms with van der Waals surface area (Å²) in [5.74, 6) is 2.73. The summed E-state index contributed by atoms with van der Waals surface area (Å²) in [6, 6.07) is 45.9. The molecule has 0 N–H and O–H groups in total. The number of hydrogen-bond acceptors (Lipinski definition) is 9. The Morgan fingerprint density at radius 3 is 0.576 bits per heavy atom. The second-order valence-electron chi connectivity index (χ2n) is 14.9. The second-order valence-corrected chi connectivity index (χ2v) is 21.1. The normalized spacial score (nSPS) is 14.0. The number of para-hydroxylation sites is 6. The fourth-order valence-electron chi connectivity index (χ4n) is 7.03. The van der Waals surface area contributed by atoms with Crippen molar-refractivity contribution in [1.29, 1.82) is 0 Å². The first kappa shape index (κ1) is 47.2. The van der Waals surface area contributed by atoms with E-state index < -0.39 is 23.0 Å². The lowest BCUT2D eigenvalue weighted by molar-refractivity contribution is 0.438. The summed E-state index contributed by atoms with van der Waals surface area (Å²) in [7, 11) is -12.7. The Bertz CT molecular complexity index is 2420. The summed E-state index contributed by atoms with van der Waals surface area (Å²) in [5.41, 5.74) is 4.91. The first-order valence-electron chi connectivity index (χ1n) is 21.5. The van der Waals surface area contributed by atoms with Crippen molar-refractivity contribution in [3.8, 4) is 34.5 Å². The van der Waals surface area contributed by atoms with Gasteiger partial charge in [-0.1, -0.05) is 159 Å². The highest BCUT2D eigenvalue weighted by Gasteiger charge is 2.50. The largest absolute Gasteiger partial charge is 0.460 e. The Labute approximate surface area is 389 Å². The molecule has 6 aromatic rings. The van der Waals surface area contributed by atoms with E-state index >= 15 is 0 Å². The summed E-state index contributed by atoms with van der Waals surface area (Å²) in [4.78, 5) is 0. The molecule has 1 aliphatic rings. The molecule has 0 unspecified atom stereocenters. The predicted octanol–water partition coefficient (Wildman–Crippen LogP) is 16.7. The molecule has 0 amide bonds. The summed E-state index contributed by atoms with van der Waals surface area (Å²) < 4.78 is 60.7.